The van der Waals surface area contributed by atoms with Crippen LogP contribution in [0.15, 0.2) is 24.3 Å². The van der Waals surface area contributed by atoms with Crippen LogP contribution in [0.25, 0.3) is 0 Å². The molecule has 0 unspecified atom stereocenters. The molecule has 66 valence electrons. The maximum Gasteiger partial charge on any atom is 0.338 e. The number of aromatic carboxylic acids is 1. The molecule has 1 rings (SSSR count). The van der Waals surface area contributed by atoms with Crippen LogP contribution < -0.4 is 0 Å². The Kier molecular flexibility index (Phi) is 4.60. The van der Waals surface area contributed by atoms with Crippen molar-refractivity contribution in [3.8, 4) is 0 Å². The van der Waals surface area contributed by atoms with Crippen molar-refractivity contribution >= 4 is 5.97 Å². The third kappa shape index (κ3) is 2.65. The van der Waals surface area contributed by atoms with Gasteiger partial charge in [-0.15, -0.1) is 0 Å². The van der Waals surface area contributed by atoms with E-state index in [-0.39, 0.29) is 5.56 Å². The largest absolute Gasteiger partial charge is 0.478 e. The van der Waals surface area contributed by atoms with E-state index in [4.69, 9.17) is 5.11 Å². The van der Waals surface area contributed by atoms with E-state index >= 15 is 0 Å². The average Bonchev–Trinajstić information content (AvgIpc) is 2.08. The molecule has 0 amide bonds. The van der Waals surface area contributed by atoms with E-state index in [9.17, 15) is 13.6 Å². The molecule has 0 saturated heterocycles. The molecule has 0 atom stereocenters. The van der Waals surface area contributed by atoms with E-state index in [1.54, 1.807) is 0 Å². The van der Waals surface area contributed by atoms with Crippen molar-refractivity contribution in [2.24, 2.45) is 0 Å². The van der Waals surface area contributed by atoms with Crippen LogP contribution in [-0.2, 0) is 0 Å². The minimum Gasteiger partial charge on any atom is -0.478 e. The summed E-state index contributed by atoms with van der Waals surface area (Å²) in [7, 11) is 0.500. The van der Waals surface area contributed by atoms with E-state index < -0.39 is 11.8 Å². The second kappa shape index (κ2) is 5.23. The predicted octanol–water partition coefficient (Wildman–Crippen LogP) is 2.11. The summed E-state index contributed by atoms with van der Waals surface area (Å²) in [5, 5.41) is 8.33. The fraction of sp³-hybridized carbons (Fsp3) is 0.125. The van der Waals surface area contributed by atoms with Gasteiger partial charge in [0.1, 0.15) is 5.82 Å². The minimum atomic E-state index is -1.24. The van der Waals surface area contributed by atoms with Gasteiger partial charge in [0.25, 0.3) is 0 Å². The first-order chi connectivity index (χ1) is 5.72. The van der Waals surface area contributed by atoms with Crippen LogP contribution in [0.1, 0.15) is 10.4 Å². The van der Waals surface area contributed by atoms with Crippen LogP contribution >= 0.6 is 0 Å². The van der Waals surface area contributed by atoms with E-state index in [1.807, 2.05) is 0 Å². The van der Waals surface area contributed by atoms with Gasteiger partial charge in [0.15, 0.2) is 0 Å². The summed E-state index contributed by atoms with van der Waals surface area (Å²) in [6.07, 6.45) is 0. The van der Waals surface area contributed by atoms with Gasteiger partial charge in [-0.05, 0) is 12.1 Å². The first kappa shape index (κ1) is 10.6. The highest BCUT2D eigenvalue weighted by Gasteiger charge is 2.06. The average molecular weight is 174 g/mol. The second-order valence-corrected chi connectivity index (χ2v) is 1.78. The Hall–Kier alpha value is -1.45. The zero-order valence-corrected chi connectivity index (χ0v) is 6.42. The van der Waals surface area contributed by atoms with Gasteiger partial charge in [0.2, 0.25) is 0 Å². The van der Waals surface area contributed by atoms with Gasteiger partial charge in [-0.25, -0.2) is 9.18 Å². The molecule has 0 bridgehead atoms. The van der Waals surface area contributed by atoms with Crippen LogP contribution in [0.5, 0.6) is 0 Å². The van der Waals surface area contributed by atoms with Gasteiger partial charge in [-0.1, -0.05) is 12.1 Å². The molecule has 0 aliphatic heterocycles. The third-order valence-corrected chi connectivity index (χ3v) is 1.10. The number of hydrogen-bond donors (Lipinski definition) is 1. The Morgan fingerprint density at radius 3 is 2.17 bits per heavy atom. The Morgan fingerprint density at radius 2 is 1.83 bits per heavy atom. The van der Waals surface area contributed by atoms with Crippen molar-refractivity contribution < 1.29 is 18.7 Å². The number of carboxylic acids is 1. The van der Waals surface area contributed by atoms with Crippen molar-refractivity contribution in [3.63, 3.8) is 0 Å². The molecule has 12 heavy (non-hydrogen) atoms. The van der Waals surface area contributed by atoms with Crippen molar-refractivity contribution in [1.29, 1.82) is 0 Å². The van der Waals surface area contributed by atoms with Crippen LogP contribution in [0.2, 0.25) is 0 Å². The minimum absolute atomic E-state index is 0.289. The van der Waals surface area contributed by atoms with Crippen molar-refractivity contribution in [2.75, 3.05) is 7.18 Å². The third-order valence-electron chi connectivity index (χ3n) is 1.10. The van der Waals surface area contributed by atoms with Crippen molar-refractivity contribution in [3.05, 3.63) is 35.6 Å². The van der Waals surface area contributed by atoms with Gasteiger partial charge < -0.3 is 5.11 Å². The summed E-state index contributed by atoms with van der Waals surface area (Å²) in [4.78, 5) is 10.2. The molecular weight excluding hydrogens is 166 g/mol. The monoisotopic (exact) mass is 174 g/mol. The molecule has 1 aromatic rings. The number of halogens is 2. The highest BCUT2D eigenvalue weighted by atomic mass is 19.1. The standard InChI is InChI=1S/C7H5FO2.CH3F/c8-6-4-2-1-3-5(6)7(9)10;1-2/h1-4H,(H,9,10);1H3. The number of rotatable bonds is 1. The first-order valence-electron chi connectivity index (χ1n) is 3.07. The van der Waals surface area contributed by atoms with Crippen LogP contribution in [0.3, 0.4) is 0 Å². The number of alkyl halides is 1. The lowest BCUT2D eigenvalue weighted by Crippen LogP contribution is -1.98. The van der Waals surface area contributed by atoms with E-state index in [2.05, 4.69) is 0 Å². The van der Waals surface area contributed by atoms with Gasteiger partial charge in [0.05, 0.1) is 12.7 Å². The summed E-state index contributed by atoms with van der Waals surface area (Å²) >= 11 is 0. The Morgan fingerprint density at radius 1 is 1.33 bits per heavy atom. The zero-order chi connectivity index (χ0) is 9.56. The normalized spacial score (nSPS) is 8.25. The van der Waals surface area contributed by atoms with Gasteiger partial charge in [0, 0.05) is 0 Å². The zero-order valence-electron chi connectivity index (χ0n) is 6.42. The number of carboxylic acid groups (broad SMARTS) is 1. The highest BCUT2D eigenvalue weighted by molar-refractivity contribution is 5.87. The molecule has 0 saturated carbocycles. The number of hydrogen-bond acceptors (Lipinski definition) is 1. The lowest BCUT2D eigenvalue weighted by molar-refractivity contribution is 0.0692. The topological polar surface area (TPSA) is 37.3 Å². The molecule has 0 radical (unpaired) electrons. The summed E-state index contributed by atoms with van der Waals surface area (Å²) in [5.74, 6) is -1.94. The van der Waals surface area contributed by atoms with Crippen molar-refractivity contribution in [2.45, 2.75) is 0 Å². The lowest BCUT2D eigenvalue weighted by atomic mass is 10.2. The smallest absolute Gasteiger partial charge is 0.338 e. The lowest BCUT2D eigenvalue weighted by Gasteiger charge is -1.92. The summed E-state index contributed by atoms with van der Waals surface area (Å²) in [6, 6.07) is 5.26. The molecule has 0 spiro atoms. The molecule has 0 aromatic heterocycles. The SMILES string of the molecule is CF.O=C(O)c1ccccc1F. The first-order valence-corrected chi connectivity index (χ1v) is 3.07. The molecular formula is C8H8F2O2. The number of carbonyl (C=O) groups is 1. The molecule has 0 fully saturated rings. The molecule has 0 aliphatic rings. The van der Waals surface area contributed by atoms with Crippen LogP contribution in [-0.4, -0.2) is 18.3 Å². The van der Waals surface area contributed by atoms with E-state index in [1.165, 1.54) is 18.2 Å². The Bertz CT molecular complexity index is 261. The Balaban J connectivity index is 0.000000561. The van der Waals surface area contributed by atoms with E-state index in [0.29, 0.717) is 7.18 Å². The van der Waals surface area contributed by atoms with E-state index in [0.717, 1.165) is 6.07 Å². The molecule has 2 nitrogen and oxygen atoms in total. The van der Waals surface area contributed by atoms with Gasteiger partial charge in [-0.3, -0.25) is 4.39 Å². The van der Waals surface area contributed by atoms with Crippen LogP contribution in [0.4, 0.5) is 8.78 Å². The summed E-state index contributed by atoms with van der Waals surface area (Å²) in [6.45, 7) is 0. The summed E-state index contributed by atoms with van der Waals surface area (Å²) < 4.78 is 22.0. The molecule has 0 aliphatic carbocycles. The fourth-order valence-corrected chi connectivity index (χ4v) is 0.635. The summed E-state index contributed by atoms with van der Waals surface area (Å²) in [5.41, 5.74) is -0.289. The number of benzene rings is 1. The molecule has 0 heterocycles. The maximum atomic E-state index is 12.5. The van der Waals surface area contributed by atoms with Crippen LogP contribution in [0, 0.1) is 5.82 Å². The second-order valence-electron chi connectivity index (χ2n) is 1.78. The molecule has 1 N–H and O–H groups in total. The molecule has 1 aromatic carbocycles. The molecule has 4 heteroatoms. The maximum absolute atomic E-state index is 12.5. The Labute approximate surface area is 68.5 Å². The van der Waals surface area contributed by atoms with Gasteiger partial charge in [-0.2, -0.15) is 0 Å². The van der Waals surface area contributed by atoms with Crippen molar-refractivity contribution in [1.82, 2.24) is 0 Å². The van der Waals surface area contributed by atoms with Gasteiger partial charge >= 0.3 is 5.97 Å². The quantitative estimate of drug-likeness (QED) is 0.707. The highest BCUT2D eigenvalue weighted by Crippen LogP contribution is 2.04. The fourth-order valence-electron chi connectivity index (χ4n) is 0.635. The predicted molar refractivity (Wildman–Crippen MR) is 40.4 cm³/mol.